The number of hydrogen-bond acceptors (Lipinski definition) is 5. The lowest BCUT2D eigenvalue weighted by Gasteiger charge is -2.15. The van der Waals surface area contributed by atoms with Crippen LogP contribution in [0.3, 0.4) is 0 Å². The third-order valence-electron chi connectivity index (χ3n) is 2.98. The molecule has 0 saturated heterocycles. The summed E-state index contributed by atoms with van der Waals surface area (Å²) in [5.74, 6) is 2.83. The number of furan rings is 1. The van der Waals surface area contributed by atoms with Crippen LogP contribution in [0.15, 0.2) is 34.9 Å². The molecule has 1 heterocycles. The molecule has 0 aliphatic carbocycles. The fourth-order valence-corrected chi connectivity index (χ4v) is 2.04. The van der Waals surface area contributed by atoms with E-state index in [1.54, 1.807) is 27.6 Å². The Hall–Kier alpha value is -1.85. The molecule has 0 atom stereocenters. The van der Waals surface area contributed by atoms with Gasteiger partial charge in [-0.25, -0.2) is 0 Å². The molecule has 21 heavy (non-hydrogen) atoms. The predicted octanol–water partition coefficient (Wildman–Crippen LogP) is 3.02. The average molecular weight is 314 g/mol. The van der Waals surface area contributed by atoms with Crippen LogP contribution in [0.1, 0.15) is 11.3 Å². The first-order valence-electron chi connectivity index (χ1n) is 6.31. The number of ether oxygens (including phenoxy) is 3. The lowest BCUT2D eigenvalue weighted by molar-refractivity contribution is 0.321. The lowest BCUT2D eigenvalue weighted by Crippen LogP contribution is -2.13. The summed E-state index contributed by atoms with van der Waals surface area (Å²) < 4.78 is 21.3. The first-order valence-corrected chi connectivity index (χ1v) is 6.31. The summed E-state index contributed by atoms with van der Waals surface area (Å²) in [4.78, 5) is 0. The van der Waals surface area contributed by atoms with Crippen molar-refractivity contribution in [3.05, 3.63) is 41.9 Å². The Bertz CT molecular complexity index is 543. The van der Waals surface area contributed by atoms with Gasteiger partial charge in [0.15, 0.2) is 11.5 Å². The summed E-state index contributed by atoms with van der Waals surface area (Å²) in [6.07, 6.45) is 1.66. The van der Waals surface area contributed by atoms with Gasteiger partial charge in [0.1, 0.15) is 5.76 Å². The summed E-state index contributed by atoms with van der Waals surface area (Å²) in [5, 5.41) is 3.30. The zero-order valence-corrected chi connectivity index (χ0v) is 13.2. The van der Waals surface area contributed by atoms with Gasteiger partial charge in [0.2, 0.25) is 5.75 Å². The molecule has 0 spiro atoms. The molecule has 1 aromatic carbocycles. The number of nitrogens with one attached hydrogen (secondary N) is 1. The van der Waals surface area contributed by atoms with Crippen LogP contribution in [0.2, 0.25) is 0 Å². The lowest BCUT2D eigenvalue weighted by atomic mass is 10.1. The highest BCUT2D eigenvalue weighted by Gasteiger charge is 2.15. The molecule has 5 nitrogen and oxygen atoms in total. The molecule has 0 saturated carbocycles. The quantitative estimate of drug-likeness (QED) is 0.851. The molecule has 0 unspecified atom stereocenters. The minimum atomic E-state index is 0. The van der Waals surface area contributed by atoms with Crippen molar-refractivity contribution in [2.45, 2.75) is 13.1 Å². The largest absolute Gasteiger partial charge is 0.493 e. The van der Waals surface area contributed by atoms with Gasteiger partial charge in [0.25, 0.3) is 0 Å². The topological polar surface area (TPSA) is 52.9 Å². The Morgan fingerprint density at radius 3 is 2.29 bits per heavy atom. The van der Waals surface area contributed by atoms with Crippen molar-refractivity contribution in [3.63, 3.8) is 0 Å². The molecule has 0 fully saturated rings. The second-order valence-corrected chi connectivity index (χ2v) is 4.18. The van der Waals surface area contributed by atoms with Crippen molar-refractivity contribution >= 4 is 12.4 Å². The molecule has 1 N–H and O–H groups in total. The van der Waals surface area contributed by atoms with Crippen molar-refractivity contribution in [2.24, 2.45) is 0 Å². The molecule has 116 valence electrons. The number of halogens is 1. The molecular formula is C15H20ClNO4. The molecule has 0 aliphatic heterocycles. The van der Waals surface area contributed by atoms with E-state index in [9.17, 15) is 0 Å². The fraction of sp³-hybridized carbons (Fsp3) is 0.333. The van der Waals surface area contributed by atoms with Gasteiger partial charge in [-0.1, -0.05) is 6.07 Å². The van der Waals surface area contributed by atoms with Gasteiger partial charge in [-0.15, -0.1) is 12.4 Å². The van der Waals surface area contributed by atoms with Crippen molar-refractivity contribution in [2.75, 3.05) is 21.3 Å². The van der Waals surface area contributed by atoms with Crippen LogP contribution >= 0.6 is 12.4 Å². The maximum absolute atomic E-state index is 5.43. The zero-order chi connectivity index (χ0) is 14.4. The van der Waals surface area contributed by atoms with Gasteiger partial charge in [-0.3, -0.25) is 0 Å². The highest BCUT2D eigenvalue weighted by molar-refractivity contribution is 5.85. The molecule has 1 aromatic heterocycles. The maximum Gasteiger partial charge on any atom is 0.203 e. The van der Waals surface area contributed by atoms with Crippen molar-refractivity contribution in [1.82, 2.24) is 5.32 Å². The van der Waals surface area contributed by atoms with E-state index >= 15 is 0 Å². The van der Waals surface area contributed by atoms with Crippen LogP contribution in [0, 0.1) is 0 Å². The summed E-state index contributed by atoms with van der Waals surface area (Å²) in [5.41, 5.74) is 0.997. The van der Waals surface area contributed by atoms with E-state index < -0.39 is 0 Å². The van der Waals surface area contributed by atoms with E-state index in [-0.39, 0.29) is 12.4 Å². The summed E-state index contributed by atoms with van der Waals surface area (Å²) >= 11 is 0. The van der Waals surface area contributed by atoms with Gasteiger partial charge >= 0.3 is 0 Å². The highest BCUT2D eigenvalue weighted by atomic mass is 35.5. The minimum Gasteiger partial charge on any atom is -0.493 e. The molecule has 0 radical (unpaired) electrons. The Labute approximate surface area is 130 Å². The predicted molar refractivity (Wildman–Crippen MR) is 82.6 cm³/mol. The third kappa shape index (κ3) is 4.06. The summed E-state index contributed by atoms with van der Waals surface area (Å²) in [6, 6.07) is 7.62. The Morgan fingerprint density at radius 1 is 0.952 bits per heavy atom. The van der Waals surface area contributed by atoms with E-state index in [2.05, 4.69) is 5.32 Å². The van der Waals surface area contributed by atoms with E-state index in [1.807, 2.05) is 24.3 Å². The van der Waals surface area contributed by atoms with Crippen LogP contribution in [0.25, 0.3) is 0 Å². The number of rotatable bonds is 7. The number of hydrogen-bond donors (Lipinski definition) is 1. The average Bonchev–Trinajstić information content (AvgIpc) is 2.99. The van der Waals surface area contributed by atoms with E-state index in [0.717, 1.165) is 11.3 Å². The Kier molecular flexibility index (Phi) is 6.91. The third-order valence-corrected chi connectivity index (χ3v) is 2.98. The fourth-order valence-electron chi connectivity index (χ4n) is 2.04. The maximum atomic E-state index is 5.43. The second kappa shape index (κ2) is 8.44. The van der Waals surface area contributed by atoms with Crippen LogP contribution in [-0.2, 0) is 13.1 Å². The van der Waals surface area contributed by atoms with E-state index in [0.29, 0.717) is 30.3 Å². The second-order valence-electron chi connectivity index (χ2n) is 4.18. The Morgan fingerprint density at radius 2 is 1.71 bits per heavy atom. The highest BCUT2D eigenvalue weighted by Crippen LogP contribution is 2.39. The van der Waals surface area contributed by atoms with Gasteiger partial charge in [-0.2, -0.15) is 0 Å². The molecule has 2 rings (SSSR count). The molecular weight excluding hydrogens is 294 g/mol. The first kappa shape index (κ1) is 17.2. The first-order chi connectivity index (χ1) is 9.80. The molecule has 0 bridgehead atoms. The molecule has 0 aliphatic rings. The van der Waals surface area contributed by atoms with Crippen LogP contribution < -0.4 is 19.5 Å². The summed E-state index contributed by atoms with van der Waals surface area (Å²) in [6.45, 7) is 1.30. The number of methoxy groups -OCH3 is 3. The van der Waals surface area contributed by atoms with Gasteiger partial charge in [-0.05, 0) is 18.2 Å². The molecule has 0 amide bonds. The standard InChI is InChI=1S/C15H19NO4.ClH/c1-17-13-7-6-11(14(18-2)15(13)19-3)9-16-10-12-5-4-8-20-12;/h4-8,16H,9-10H2,1-3H3;1H. The van der Waals surface area contributed by atoms with Gasteiger partial charge in [0, 0.05) is 12.1 Å². The van der Waals surface area contributed by atoms with Crippen molar-refractivity contribution < 1.29 is 18.6 Å². The monoisotopic (exact) mass is 313 g/mol. The van der Waals surface area contributed by atoms with E-state index in [1.165, 1.54) is 0 Å². The summed E-state index contributed by atoms with van der Waals surface area (Å²) in [7, 11) is 4.82. The van der Waals surface area contributed by atoms with E-state index in [4.69, 9.17) is 18.6 Å². The normalized spacial score (nSPS) is 9.86. The SMILES string of the molecule is COc1ccc(CNCc2ccco2)c(OC)c1OC.Cl. The number of benzene rings is 1. The Balaban J connectivity index is 0.00000220. The zero-order valence-electron chi connectivity index (χ0n) is 12.3. The smallest absolute Gasteiger partial charge is 0.203 e. The van der Waals surface area contributed by atoms with Crippen LogP contribution in [-0.4, -0.2) is 21.3 Å². The minimum absolute atomic E-state index is 0. The van der Waals surface area contributed by atoms with Crippen LogP contribution in [0.5, 0.6) is 17.2 Å². The van der Waals surface area contributed by atoms with Gasteiger partial charge < -0.3 is 23.9 Å². The van der Waals surface area contributed by atoms with Crippen molar-refractivity contribution in [3.8, 4) is 17.2 Å². The molecule has 2 aromatic rings. The van der Waals surface area contributed by atoms with Gasteiger partial charge in [0.05, 0.1) is 34.1 Å². The van der Waals surface area contributed by atoms with Crippen molar-refractivity contribution in [1.29, 1.82) is 0 Å². The van der Waals surface area contributed by atoms with Crippen LogP contribution in [0.4, 0.5) is 0 Å². The molecule has 6 heteroatoms.